The summed E-state index contributed by atoms with van der Waals surface area (Å²) in [6.07, 6.45) is 2.63. The fourth-order valence-electron chi connectivity index (χ4n) is 2.19. The summed E-state index contributed by atoms with van der Waals surface area (Å²) in [5.41, 5.74) is 1.11. The van der Waals surface area contributed by atoms with Gasteiger partial charge in [0.15, 0.2) is 0 Å². The second-order valence-electron chi connectivity index (χ2n) is 5.40. The molecule has 0 aromatic heterocycles. The summed E-state index contributed by atoms with van der Waals surface area (Å²) >= 11 is 3.47. The first kappa shape index (κ1) is 16.3. The third-order valence-electron chi connectivity index (χ3n) is 3.48. The molecule has 1 fully saturated rings. The fraction of sp³-hybridized carbons (Fsp3) is 0.562. The second kappa shape index (κ2) is 7.80. The molecule has 1 atom stereocenters. The molecule has 0 saturated heterocycles. The van der Waals surface area contributed by atoms with E-state index in [2.05, 4.69) is 46.5 Å². The van der Waals surface area contributed by atoms with E-state index in [1.54, 1.807) is 0 Å². The molecule has 1 aromatic carbocycles. The van der Waals surface area contributed by atoms with Crippen molar-refractivity contribution in [3.8, 4) is 5.75 Å². The van der Waals surface area contributed by atoms with Crippen LogP contribution in [0.2, 0.25) is 0 Å². The molecule has 1 aromatic rings. The normalized spacial score (nSPS) is 15.6. The highest BCUT2D eigenvalue weighted by atomic mass is 79.9. The van der Waals surface area contributed by atoms with Gasteiger partial charge in [-0.05, 0) is 38.4 Å². The van der Waals surface area contributed by atoms with Crippen LogP contribution < -0.4 is 15.4 Å². The van der Waals surface area contributed by atoms with Crippen molar-refractivity contribution in [2.45, 2.75) is 45.2 Å². The van der Waals surface area contributed by atoms with Crippen molar-refractivity contribution in [1.29, 1.82) is 0 Å². The van der Waals surface area contributed by atoms with Gasteiger partial charge in [0.25, 0.3) is 0 Å². The first-order chi connectivity index (χ1) is 10.1. The van der Waals surface area contributed by atoms with Crippen LogP contribution in [0.3, 0.4) is 0 Å². The molecule has 2 rings (SSSR count). The zero-order chi connectivity index (χ0) is 15.2. The maximum Gasteiger partial charge on any atom is 0.223 e. The lowest BCUT2D eigenvalue weighted by atomic mass is 10.1. The van der Waals surface area contributed by atoms with E-state index in [9.17, 15) is 4.79 Å². The smallest absolute Gasteiger partial charge is 0.223 e. The lowest BCUT2D eigenvalue weighted by Crippen LogP contribution is -2.27. The van der Waals surface area contributed by atoms with Gasteiger partial charge < -0.3 is 15.4 Å². The summed E-state index contributed by atoms with van der Waals surface area (Å²) in [7, 11) is 0. The Hall–Kier alpha value is -1.07. The summed E-state index contributed by atoms with van der Waals surface area (Å²) in [5.74, 6) is 0.908. The largest absolute Gasteiger partial charge is 0.493 e. The molecule has 116 valence electrons. The van der Waals surface area contributed by atoms with Crippen molar-refractivity contribution in [1.82, 2.24) is 10.6 Å². The van der Waals surface area contributed by atoms with Crippen LogP contribution >= 0.6 is 15.9 Å². The van der Waals surface area contributed by atoms with E-state index in [0.717, 1.165) is 35.2 Å². The molecule has 2 N–H and O–H groups in total. The Labute approximate surface area is 134 Å². The van der Waals surface area contributed by atoms with E-state index in [4.69, 9.17) is 4.74 Å². The predicted octanol–water partition coefficient (Wildman–Crippen LogP) is 3.17. The molecule has 0 bridgehead atoms. The molecule has 0 heterocycles. The number of carbonyl (C=O) groups is 1. The van der Waals surface area contributed by atoms with E-state index >= 15 is 0 Å². The van der Waals surface area contributed by atoms with Gasteiger partial charge >= 0.3 is 0 Å². The molecule has 1 saturated carbocycles. The molecular weight excluding hydrogens is 332 g/mol. The summed E-state index contributed by atoms with van der Waals surface area (Å²) < 4.78 is 6.81. The molecule has 1 aliphatic rings. The maximum atomic E-state index is 11.7. The van der Waals surface area contributed by atoms with Crippen molar-refractivity contribution in [3.63, 3.8) is 0 Å². The van der Waals surface area contributed by atoms with Crippen molar-refractivity contribution >= 4 is 21.8 Å². The van der Waals surface area contributed by atoms with Crippen LogP contribution in [0.4, 0.5) is 0 Å². The number of carbonyl (C=O) groups excluding carboxylic acids is 1. The first-order valence-electron chi connectivity index (χ1n) is 7.55. The van der Waals surface area contributed by atoms with Gasteiger partial charge in [-0.3, -0.25) is 4.79 Å². The van der Waals surface area contributed by atoms with Gasteiger partial charge in [-0.2, -0.15) is 0 Å². The predicted molar refractivity (Wildman–Crippen MR) is 87.5 cm³/mol. The van der Waals surface area contributed by atoms with Crippen LogP contribution in [-0.4, -0.2) is 25.1 Å². The molecular formula is C16H23BrN2O2. The van der Waals surface area contributed by atoms with E-state index < -0.39 is 0 Å². The molecule has 4 nitrogen and oxygen atoms in total. The van der Waals surface area contributed by atoms with E-state index in [1.807, 2.05) is 12.1 Å². The molecule has 0 aliphatic heterocycles. The highest BCUT2D eigenvalue weighted by Gasteiger charge is 2.23. The molecule has 21 heavy (non-hydrogen) atoms. The van der Waals surface area contributed by atoms with Gasteiger partial charge in [-0.15, -0.1) is 0 Å². The van der Waals surface area contributed by atoms with E-state index in [1.165, 1.54) is 0 Å². The minimum Gasteiger partial charge on any atom is -0.493 e. The first-order valence-corrected chi connectivity index (χ1v) is 8.34. The quantitative estimate of drug-likeness (QED) is 0.753. The molecule has 5 heteroatoms. The minimum atomic E-state index is 0.0776. The number of rotatable bonds is 8. The van der Waals surface area contributed by atoms with Gasteiger partial charge in [0.1, 0.15) is 5.75 Å². The minimum absolute atomic E-state index is 0.0776. The maximum absolute atomic E-state index is 11.7. The SMILES string of the molecule is CCNC(C)c1ccc(Br)cc1OCCC(=O)NC1CC1. The topological polar surface area (TPSA) is 50.4 Å². The van der Waals surface area contributed by atoms with Crippen LogP contribution in [0.1, 0.15) is 44.7 Å². The van der Waals surface area contributed by atoms with Crippen LogP contribution in [0, 0.1) is 0 Å². The molecule has 0 spiro atoms. The lowest BCUT2D eigenvalue weighted by molar-refractivity contribution is -0.121. The van der Waals surface area contributed by atoms with Gasteiger partial charge in [0, 0.05) is 22.1 Å². The summed E-state index contributed by atoms with van der Waals surface area (Å²) in [6, 6.07) is 6.65. The molecule has 1 amide bonds. The van der Waals surface area contributed by atoms with Gasteiger partial charge in [-0.1, -0.05) is 28.9 Å². The Balaban J connectivity index is 1.90. The number of halogens is 1. The van der Waals surface area contributed by atoms with Crippen molar-refractivity contribution < 1.29 is 9.53 Å². The number of hydrogen-bond donors (Lipinski definition) is 2. The Kier molecular flexibility index (Phi) is 6.06. The molecule has 1 unspecified atom stereocenters. The summed E-state index contributed by atoms with van der Waals surface area (Å²) in [4.78, 5) is 11.7. The Morgan fingerprint density at radius 1 is 1.48 bits per heavy atom. The fourth-order valence-corrected chi connectivity index (χ4v) is 2.53. The highest BCUT2D eigenvalue weighted by molar-refractivity contribution is 9.10. The van der Waals surface area contributed by atoms with Crippen molar-refractivity contribution in [3.05, 3.63) is 28.2 Å². The zero-order valence-corrected chi connectivity index (χ0v) is 14.2. The monoisotopic (exact) mass is 354 g/mol. The average molecular weight is 355 g/mol. The Morgan fingerprint density at radius 3 is 2.90 bits per heavy atom. The van der Waals surface area contributed by atoms with Crippen LogP contribution in [0.25, 0.3) is 0 Å². The lowest BCUT2D eigenvalue weighted by Gasteiger charge is -2.18. The van der Waals surface area contributed by atoms with E-state index in [-0.39, 0.29) is 11.9 Å². The molecule has 0 radical (unpaired) electrons. The Bertz CT molecular complexity index is 489. The second-order valence-corrected chi connectivity index (χ2v) is 6.32. The Morgan fingerprint density at radius 2 is 2.24 bits per heavy atom. The summed E-state index contributed by atoms with van der Waals surface area (Å²) in [6.45, 7) is 5.50. The number of benzene rings is 1. The van der Waals surface area contributed by atoms with Crippen LogP contribution in [0.5, 0.6) is 5.75 Å². The third-order valence-corrected chi connectivity index (χ3v) is 3.97. The average Bonchev–Trinajstić information content (AvgIpc) is 3.23. The summed E-state index contributed by atoms with van der Waals surface area (Å²) in [5, 5.41) is 6.35. The van der Waals surface area contributed by atoms with Gasteiger partial charge in [0.2, 0.25) is 5.91 Å². The number of nitrogens with one attached hydrogen (secondary N) is 2. The third kappa shape index (κ3) is 5.32. The standard InChI is InChI=1S/C16H23BrN2O2/c1-3-18-11(2)14-7-4-12(17)10-15(14)21-9-8-16(20)19-13-5-6-13/h4,7,10-11,13,18H,3,5-6,8-9H2,1-2H3,(H,19,20). The number of hydrogen-bond acceptors (Lipinski definition) is 3. The number of amides is 1. The van der Waals surface area contributed by atoms with Crippen LogP contribution in [0.15, 0.2) is 22.7 Å². The van der Waals surface area contributed by atoms with Crippen molar-refractivity contribution in [2.75, 3.05) is 13.2 Å². The van der Waals surface area contributed by atoms with Crippen LogP contribution in [-0.2, 0) is 4.79 Å². The van der Waals surface area contributed by atoms with Gasteiger partial charge in [-0.25, -0.2) is 0 Å². The zero-order valence-electron chi connectivity index (χ0n) is 12.6. The molecule has 1 aliphatic carbocycles. The highest BCUT2D eigenvalue weighted by Crippen LogP contribution is 2.28. The number of ether oxygens (including phenoxy) is 1. The van der Waals surface area contributed by atoms with Crippen molar-refractivity contribution in [2.24, 2.45) is 0 Å². The van der Waals surface area contributed by atoms with Gasteiger partial charge in [0.05, 0.1) is 13.0 Å². The van der Waals surface area contributed by atoms with E-state index in [0.29, 0.717) is 19.1 Å².